The van der Waals surface area contributed by atoms with Crippen LogP contribution in [-0.2, 0) is 4.74 Å². The minimum Gasteiger partial charge on any atom is -0.454 e. The van der Waals surface area contributed by atoms with Crippen LogP contribution in [0.2, 0.25) is 0 Å². The van der Waals surface area contributed by atoms with Gasteiger partial charge in [0.15, 0.2) is 11.5 Å². The number of amides is 1. The van der Waals surface area contributed by atoms with Gasteiger partial charge >= 0.3 is 0 Å². The van der Waals surface area contributed by atoms with Crippen LogP contribution >= 0.6 is 0 Å². The van der Waals surface area contributed by atoms with E-state index in [0.717, 1.165) is 45.6 Å². The van der Waals surface area contributed by atoms with E-state index in [9.17, 15) is 4.79 Å². The first kappa shape index (κ1) is 16.1. The number of nitrogens with one attached hydrogen (secondary N) is 1. The third-order valence-corrected chi connectivity index (χ3v) is 4.50. The summed E-state index contributed by atoms with van der Waals surface area (Å²) >= 11 is 0. The molecule has 126 valence electrons. The Balaban J connectivity index is 1.43. The molecule has 23 heavy (non-hydrogen) atoms. The highest BCUT2D eigenvalue weighted by atomic mass is 16.7. The van der Waals surface area contributed by atoms with E-state index in [1.54, 1.807) is 25.3 Å². The standard InChI is InChI=1S/C17H24N2O4/c1-21-9-8-19-6-4-13(5-7-19)11-18-17(20)14-2-3-15-16(10-14)23-12-22-15/h2-3,10,13H,4-9,11-12H2,1H3,(H,18,20). The average molecular weight is 320 g/mol. The highest BCUT2D eigenvalue weighted by Crippen LogP contribution is 2.32. The summed E-state index contributed by atoms with van der Waals surface area (Å²) in [5, 5.41) is 3.04. The quantitative estimate of drug-likeness (QED) is 0.861. The highest BCUT2D eigenvalue weighted by Gasteiger charge is 2.20. The summed E-state index contributed by atoms with van der Waals surface area (Å²) in [6.07, 6.45) is 2.23. The van der Waals surface area contributed by atoms with Crippen molar-refractivity contribution in [1.29, 1.82) is 0 Å². The van der Waals surface area contributed by atoms with Crippen molar-refractivity contribution < 1.29 is 19.0 Å². The Morgan fingerprint density at radius 3 is 2.87 bits per heavy atom. The van der Waals surface area contributed by atoms with Gasteiger partial charge in [0, 0.05) is 25.8 Å². The predicted octanol–water partition coefficient (Wildman–Crippen LogP) is 1.50. The topological polar surface area (TPSA) is 60.0 Å². The Labute approximate surface area is 136 Å². The normalized spacial score (nSPS) is 18.1. The first-order valence-electron chi connectivity index (χ1n) is 8.15. The Hall–Kier alpha value is -1.79. The van der Waals surface area contributed by atoms with Crippen molar-refractivity contribution in [2.45, 2.75) is 12.8 Å². The second-order valence-electron chi connectivity index (χ2n) is 6.06. The molecule has 1 amide bonds. The van der Waals surface area contributed by atoms with Crippen LogP contribution in [0.4, 0.5) is 0 Å². The van der Waals surface area contributed by atoms with Crippen LogP contribution in [0, 0.1) is 5.92 Å². The van der Waals surface area contributed by atoms with Crippen LogP contribution in [-0.4, -0.2) is 57.5 Å². The minimum atomic E-state index is -0.0508. The number of ether oxygens (including phenoxy) is 3. The Bertz CT molecular complexity index is 541. The van der Waals surface area contributed by atoms with Gasteiger partial charge in [-0.15, -0.1) is 0 Å². The lowest BCUT2D eigenvalue weighted by atomic mass is 9.96. The number of fused-ring (bicyclic) bond motifs is 1. The van der Waals surface area contributed by atoms with Gasteiger partial charge in [-0.1, -0.05) is 0 Å². The van der Waals surface area contributed by atoms with Gasteiger partial charge in [0.25, 0.3) is 5.91 Å². The number of hydrogen-bond donors (Lipinski definition) is 1. The molecular weight excluding hydrogens is 296 g/mol. The molecule has 2 aliphatic heterocycles. The van der Waals surface area contributed by atoms with E-state index in [4.69, 9.17) is 14.2 Å². The number of carbonyl (C=O) groups is 1. The maximum Gasteiger partial charge on any atom is 0.251 e. The summed E-state index contributed by atoms with van der Waals surface area (Å²) < 4.78 is 15.7. The first-order chi connectivity index (χ1) is 11.3. The van der Waals surface area contributed by atoms with Crippen molar-refractivity contribution in [3.05, 3.63) is 23.8 Å². The molecule has 0 bridgehead atoms. The van der Waals surface area contributed by atoms with E-state index in [-0.39, 0.29) is 12.7 Å². The molecule has 0 radical (unpaired) electrons. The van der Waals surface area contributed by atoms with Crippen LogP contribution in [0.1, 0.15) is 23.2 Å². The Morgan fingerprint density at radius 2 is 2.09 bits per heavy atom. The van der Waals surface area contributed by atoms with Crippen molar-refractivity contribution in [1.82, 2.24) is 10.2 Å². The van der Waals surface area contributed by atoms with Crippen molar-refractivity contribution in [2.75, 3.05) is 46.7 Å². The van der Waals surface area contributed by atoms with Crippen LogP contribution < -0.4 is 14.8 Å². The summed E-state index contributed by atoms with van der Waals surface area (Å²) in [6.45, 7) is 4.88. The highest BCUT2D eigenvalue weighted by molar-refractivity contribution is 5.94. The Kier molecular flexibility index (Phi) is 5.35. The van der Waals surface area contributed by atoms with Crippen molar-refractivity contribution in [3.63, 3.8) is 0 Å². The SMILES string of the molecule is COCCN1CCC(CNC(=O)c2ccc3c(c2)OCO3)CC1. The number of likely N-dealkylation sites (tertiary alicyclic amines) is 1. The van der Waals surface area contributed by atoms with E-state index >= 15 is 0 Å². The third kappa shape index (κ3) is 4.14. The summed E-state index contributed by atoms with van der Waals surface area (Å²) in [5.41, 5.74) is 0.617. The van der Waals surface area contributed by atoms with Crippen LogP contribution in [0.3, 0.4) is 0 Å². The van der Waals surface area contributed by atoms with Crippen LogP contribution in [0.15, 0.2) is 18.2 Å². The van der Waals surface area contributed by atoms with Gasteiger partial charge in [-0.3, -0.25) is 4.79 Å². The van der Waals surface area contributed by atoms with Crippen molar-refractivity contribution in [3.8, 4) is 11.5 Å². The number of hydrogen-bond acceptors (Lipinski definition) is 5. The van der Waals surface area contributed by atoms with E-state index in [2.05, 4.69) is 10.2 Å². The lowest BCUT2D eigenvalue weighted by Gasteiger charge is -2.31. The van der Waals surface area contributed by atoms with Crippen LogP contribution in [0.5, 0.6) is 11.5 Å². The van der Waals surface area contributed by atoms with Gasteiger partial charge in [0.1, 0.15) is 0 Å². The van der Waals surface area contributed by atoms with Crippen LogP contribution in [0.25, 0.3) is 0 Å². The molecule has 1 fully saturated rings. The van der Waals surface area contributed by atoms with E-state index in [0.29, 0.717) is 23.0 Å². The smallest absolute Gasteiger partial charge is 0.251 e. The molecule has 6 heteroatoms. The largest absolute Gasteiger partial charge is 0.454 e. The monoisotopic (exact) mass is 320 g/mol. The van der Waals surface area contributed by atoms with Gasteiger partial charge in [-0.05, 0) is 50.0 Å². The molecule has 0 saturated carbocycles. The number of carbonyl (C=O) groups excluding carboxylic acids is 1. The summed E-state index contributed by atoms with van der Waals surface area (Å²) in [5.74, 6) is 1.84. The number of rotatable bonds is 6. The molecule has 0 spiro atoms. The molecule has 0 atom stereocenters. The molecule has 1 aromatic rings. The molecule has 1 N–H and O–H groups in total. The second-order valence-corrected chi connectivity index (χ2v) is 6.06. The molecule has 6 nitrogen and oxygen atoms in total. The molecule has 3 rings (SSSR count). The zero-order valence-corrected chi connectivity index (χ0v) is 13.5. The predicted molar refractivity (Wildman–Crippen MR) is 85.9 cm³/mol. The zero-order valence-electron chi connectivity index (χ0n) is 13.5. The second kappa shape index (κ2) is 7.66. The van der Waals surface area contributed by atoms with Gasteiger partial charge in [-0.2, -0.15) is 0 Å². The van der Waals surface area contributed by atoms with Crippen molar-refractivity contribution >= 4 is 5.91 Å². The zero-order chi connectivity index (χ0) is 16.1. The fourth-order valence-corrected chi connectivity index (χ4v) is 3.01. The maximum atomic E-state index is 12.3. The first-order valence-corrected chi connectivity index (χ1v) is 8.15. The van der Waals surface area contributed by atoms with Gasteiger partial charge in [0.05, 0.1) is 6.61 Å². The average Bonchev–Trinajstić information content (AvgIpc) is 3.06. The molecule has 2 aliphatic rings. The minimum absolute atomic E-state index is 0.0508. The molecule has 0 aromatic heterocycles. The Morgan fingerprint density at radius 1 is 1.30 bits per heavy atom. The number of methoxy groups -OCH3 is 1. The lowest BCUT2D eigenvalue weighted by Crippen LogP contribution is -2.39. The van der Waals surface area contributed by atoms with Gasteiger partial charge in [0.2, 0.25) is 6.79 Å². The fraction of sp³-hybridized carbons (Fsp3) is 0.588. The number of nitrogens with zero attached hydrogens (tertiary/aromatic N) is 1. The summed E-state index contributed by atoms with van der Waals surface area (Å²) in [7, 11) is 1.73. The fourth-order valence-electron chi connectivity index (χ4n) is 3.01. The van der Waals surface area contributed by atoms with E-state index in [1.807, 2.05) is 0 Å². The van der Waals surface area contributed by atoms with Gasteiger partial charge in [-0.25, -0.2) is 0 Å². The molecule has 0 unspecified atom stereocenters. The molecule has 2 heterocycles. The van der Waals surface area contributed by atoms with E-state index in [1.165, 1.54) is 0 Å². The van der Waals surface area contributed by atoms with E-state index < -0.39 is 0 Å². The molecular formula is C17H24N2O4. The maximum absolute atomic E-state index is 12.3. The van der Waals surface area contributed by atoms with Gasteiger partial charge < -0.3 is 24.4 Å². The van der Waals surface area contributed by atoms with Crippen molar-refractivity contribution in [2.24, 2.45) is 5.92 Å². The number of piperidine rings is 1. The lowest BCUT2D eigenvalue weighted by molar-refractivity contribution is 0.0925. The number of benzene rings is 1. The summed E-state index contributed by atoms with van der Waals surface area (Å²) in [4.78, 5) is 14.7. The molecule has 0 aliphatic carbocycles. The molecule has 1 aromatic carbocycles. The molecule has 1 saturated heterocycles. The third-order valence-electron chi connectivity index (χ3n) is 4.50. The summed E-state index contributed by atoms with van der Waals surface area (Å²) in [6, 6.07) is 5.30.